The van der Waals surface area contributed by atoms with Gasteiger partial charge in [-0.3, -0.25) is 0 Å². The van der Waals surface area contributed by atoms with Crippen LogP contribution in [0, 0.1) is 0 Å². The molecule has 0 saturated heterocycles. The zero-order chi connectivity index (χ0) is 33.7. The van der Waals surface area contributed by atoms with Gasteiger partial charge in [-0.15, -0.1) is 0 Å². The maximum Gasteiger partial charge on any atom is 0.136 e. The Labute approximate surface area is 296 Å². The Morgan fingerprint density at radius 1 is 0.333 bits per heavy atom. The summed E-state index contributed by atoms with van der Waals surface area (Å²) < 4.78 is 16.5. The number of aromatic nitrogens is 1. The summed E-state index contributed by atoms with van der Waals surface area (Å²) >= 11 is 0. The zero-order valence-electron chi connectivity index (χ0n) is 27.7. The fourth-order valence-corrected chi connectivity index (χ4v) is 7.62. The minimum atomic E-state index is 0.760. The van der Waals surface area contributed by atoms with Gasteiger partial charge in [0.05, 0.1) is 11.0 Å². The third-order valence-corrected chi connectivity index (χ3v) is 9.89. The molecule has 3 nitrogen and oxygen atoms in total. The lowest BCUT2D eigenvalue weighted by atomic mass is 9.90. The minimum absolute atomic E-state index is 0.760. The molecule has 0 amide bonds. The molecule has 0 unspecified atom stereocenters. The average molecular weight is 654 g/mol. The first-order chi connectivity index (χ1) is 25.3. The van der Waals surface area contributed by atoms with Gasteiger partial charge in [0.2, 0.25) is 0 Å². The molecule has 2 heterocycles. The van der Waals surface area contributed by atoms with Crippen LogP contribution in [0.2, 0.25) is 0 Å². The highest BCUT2D eigenvalue weighted by molar-refractivity contribution is 6.15. The van der Waals surface area contributed by atoms with Crippen LogP contribution in [0.15, 0.2) is 188 Å². The molecule has 8 aromatic carbocycles. The molecule has 1 aliphatic rings. The van der Waals surface area contributed by atoms with Crippen LogP contribution in [0.25, 0.3) is 72.0 Å². The van der Waals surface area contributed by atoms with E-state index in [-0.39, 0.29) is 0 Å². The molecule has 9 aromatic rings. The van der Waals surface area contributed by atoms with Crippen LogP contribution in [0.5, 0.6) is 23.0 Å². The molecular formula is C48H31NO2. The van der Waals surface area contributed by atoms with Crippen molar-refractivity contribution in [2.45, 2.75) is 0 Å². The lowest BCUT2D eigenvalue weighted by Gasteiger charge is -2.24. The number of hydrogen-bond donors (Lipinski definition) is 0. The highest BCUT2D eigenvalue weighted by Crippen LogP contribution is 2.51. The summed E-state index contributed by atoms with van der Waals surface area (Å²) in [6.07, 6.45) is 0. The number of benzene rings is 8. The van der Waals surface area contributed by atoms with Crippen LogP contribution < -0.4 is 9.47 Å². The first-order valence-electron chi connectivity index (χ1n) is 17.3. The molecule has 0 atom stereocenters. The number of nitrogens with zero attached hydrogens (tertiary/aromatic N) is 1. The molecule has 1 aromatic heterocycles. The van der Waals surface area contributed by atoms with Crippen molar-refractivity contribution in [2.75, 3.05) is 0 Å². The minimum Gasteiger partial charge on any atom is -0.456 e. The summed E-state index contributed by atoms with van der Waals surface area (Å²) in [7, 11) is 0. The Bertz CT molecular complexity index is 2740. The van der Waals surface area contributed by atoms with Gasteiger partial charge in [-0.1, -0.05) is 140 Å². The van der Waals surface area contributed by atoms with Crippen LogP contribution >= 0.6 is 0 Å². The van der Waals surface area contributed by atoms with Gasteiger partial charge in [-0.25, -0.2) is 0 Å². The van der Waals surface area contributed by atoms with Crippen molar-refractivity contribution in [3.05, 3.63) is 188 Å². The first kappa shape index (κ1) is 29.1. The van der Waals surface area contributed by atoms with Crippen LogP contribution in [0.3, 0.4) is 0 Å². The molecule has 0 fully saturated rings. The SMILES string of the molecule is c1ccc(-c2ccc3c(c2)Oc2ccccc2-c2ccccc2Oc2cccc(-c4cccc5c6ccccc6n(-c6ccccc6)c45)c2-3)cc1. The standard InChI is InChI=1S/C48H31NO2/c1-3-15-32(16-4-1)33-29-30-41-46(31-33)51-44-27-12-9-21-37(44)36-20-8-11-26-43(36)50-45-28-14-22-38(47(41)45)40-24-13-23-39-35-19-7-10-25-42(35)49(48(39)40)34-17-5-2-6-18-34/h1-31H. The van der Waals surface area contributed by atoms with Crippen LogP contribution in [-0.2, 0) is 0 Å². The number of para-hydroxylation sites is 5. The van der Waals surface area contributed by atoms with Gasteiger partial charge in [0.15, 0.2) is 0 Å². The van der Waals surface area contributed by atoms with Crippen molar-refractivity contribution in [1.82, 2.24) is 4.57 Å². The largest absolute Gasteiger partial charge is 0.456 e. The Morgan fingerprint density at radius 2 is 0.902 bits per heavy atom. The van der Waals surface area contributed by atoms with Gasteiger partial charge in [-0.2, -0.15) is 0 Å². The zero-order valence-corrected chi connectivity index (χ0v) is 27.7. The second kappa shape index (κ2) is 11.9. The van der Waals surface area contributed by atoms with E-state index in [0.29, 0.717) is 0 Å². The molecule has 0 bridgehead atoms. The molecule has 51 heavy (non-hydrogen) atoms. The average Bonchev–Trinajstić information content (AvgIpc) is 3.54. The number of rotatable bonds is 3. The quantitative estimate of drug-likeness (QED) is 0.189. The van der Waals surface area contributed by atoms with Crippen molar-refractivity contribution in [1.29, 1.82) is 0 Å². The Hall–Kier alpha value is -6.84. The predicted molar refractivity (Wildman–Crippen MR) is 209 cm³/mol. The summed E-state index contributed by atoms with van der Waals surface area (Å²) in [6, 6.07) is 65.7. The van der Waals surface area contributed by atoms with Gasteiger partial charge in [0.25, 0.3) is 0 Å². The van der Waals surface area contributed by atoms with Gasteiger partial charge >= 0.3 is 0 Å². The number of hydrogen-bond acceptors (Lipinski definition) is 2. The first-order valence-corrected chi connectivity index (χ1v) is 17.3. The second-order valence-corrected chi connectivity index (χ2v) is 12.8. The van der Waals surface area contributed by atoms with E-state index < -0.39 is 0 Å². The maximum absolute atomic E-state index is 7.05. The molecular weight excluding hydrogens is 623 g/mol. The Kier molecular flexibility index (Phi) is 6.81. The highest BCUT2D eigenvalue weighted by Gasteiger charge is 2.25. The van der Waals surface area contributed by atoms with Gasteiger partial charge in [-0.05, 0) is 65.2 Å². The van der Waals surface area contributed by atoms with Crippen molar-refractivity contribution in [3.8, 4) is 73.2 Å². The summed E-state index contributed by atoms with van der Waals surface area (Å²) in [5.74, 6) is 3.06. The third kappa shape index (κ3) is 4.82. The van der Waals surface area contributed by atoms with Crippen LogP contribution in [0.4, 0.5) is 0 Å². The van der Waals surface area contributed by atoms with Gasteiger partial charge < -0.3 is 14.0 Å². The highest BCUT2D eigenvalue weighted by atomic mass is 16.5. The lowest BCUT2D eigenvalue weighted by molar-refractivity contribution is 0.472. The monoisotopic (exact) mass is 653 g/mol. The molecule has 3 heteroatoms. The van der Waals surface area contributed by atoms with Crippen LogP contribution in [-0.4, -0.2) is 4.57 Å². The molecule has 240 valence electrons. The fourth-order valence-electron chi connectivity index (χ4n) is 7.62. The summed E-state index contributed by atoms with van der Waals surface area (Å²) in [5, 5.41) is 2.41. The van der Waals surface area contributed by atoms with E-state index >= 15 is 0 Å². The molecule has 0 aliphatic carbocycles. The van der Waals surface area contributed by atoms with Crippen molar-refractivity contribution in [3.63, 3.8) is 0 Å². The molecule has 10 rings (SSSR count). The topological polar surface area (TPSA) is 23.4 Å². The molecule has 1 aliphatic heterocycles. The normalized spacial score (nSPS) is 11.8. The van der Waals surface area contributed by atoms with E-state index in [1.54, 1.807) is 0 Å². The maximum atomic E-state index is 7.05. The molecule has 0 saturated carbocycles. The predicted octanol–water partition coefficient (Wildman–Crippen LogP) is 13.3. The molecule has 0 N–H and O–H groups in total. The van der Waals surface area contributed by atoms with E-state index in [4.69, 9.17) is 9.47 Å². The van der Waals surface area contributed by atoms with E-state index in [9.17, 15) is 0 Å². The van der Waals surface area contributed by atoms with Crippen molar-refractivity contribution < 1.29 is 9.47 Å². The van der Waals surface area contributed by atoms with E-state index in [1.165, 1.54) is 10.8 Å². The number of ether oxygens (including phenoxy) is 2. The van der Waals surface area contributed by atoms with E-state index in [2.05, 4.69) is 150 Å². The number of fused-ring (bicyclic) bond motifs is 9. The summed E-state index contributed by atoms with van der Waals surface area (Å²) in [6.45, 7) is 0. The van der Waals surface area contributed by atoms with Crippen molar-refractivity contribution in [2.24, 2.45) is 0 Å². The Morgan fingerprint density at radius 3 is 1.69 bits per heavy atom. The summed E-state index contributed by atoms with van der Waals surface area (Å²) in [4.78, 5) is 0. The summed E-state index contributed by atoms with van der Waals surface area (Å²) in [5.41, 5.74) is 11.7. The molecule has 0 spiro atoms. The molecule has 0 radical (unpaired) electrons. The lowest BCUT2D eigenvalue weighted by Crippen LogP contribution is -2.00. The van der Waals surface area contributed by atoms with Crippen LogP contribution in [0.1, 0.15) is 0 Å². The van der Waals surface area contributed by atoms with Crippen molar-refractivity contribution >= 4 is 21.8 Å². The Balaban J connectivity index is 1.31. The second-order valence-electron chi connectivity index (χ2n) is 12.8. The third-order valence-electron chi connectivity index (χ3n) is 9.89. The van der Waals surface area contributed by atoms with Gasteiger partial charge in [0, 0.05) is 44.3 Å². The fraction of sp³-hybridized carbons (Fsp3) is 0. The smallest absolute Gasteiger partial charge is 0.136 e. The van der Waals surface area contributed by atoms with E-state index in [1.807, 2.05) is 42.5 Å². The van der Waals surface area contributed by atoms with Gasteiger partial charge in [0.1, 0.15) is 23.0 Å². The van der Waals surface area contributed by atoms with E-state index in [0.717, 1.165) is 84.2 Å².